The number of carbonyl (C=O) groups excluding carboxylic acids is 1. The Kier molecular flexibility index (Phi) is 3.24. The second-order valence-corrected chi connectivity index (χ2v) is 3.59. The second kappa shape index (κ2) is 4.23. The topological polar surface area (TPSA) is 86.9 Å². The average Bonchev–Trinajstić information content (AvgIpc) is 2.52. The van der Waals surface area contributed by atoms with E-state index in [1.165, 1.54) is 0 Å². The number of rotatable bonds is 4. The number of nitrogens with zero attached hydrogens (tertiary/aromatic N) is 2. The minimum atomic E-state index is -0.648. The van der Waals surface area contributed by atoms with Crippen LogP contribution in [0.25, 0.3) is 0 Å². The Morgan fingerprint density at radius 2 is 2.29 bits per heavy atom. The number of hydrogen-bond acceptors (Lipinski definition) is 3. The van der Waals surface area contributed by atoms with E-state index in [1.54, 1.807) is 0 Å². The Morgan fingerprint density at radius 1 is 1.64 bits per heavy atom. The third-order valence-corrected chi connectivity index (χ3v) is 1.99. The lowest BCUT2D eigenvalue weighted by Gasteiger charge is -2.05. The fourth-order valence-electron chi connectivity index (χ4n) is 1.10. The molecule has 78 valence electrons. The van der Waals surface area contributed by atoms with Gasteiger partial charge in [-0.15, -0.1) is 0 Å². The van der Waals surface area contributed by atoms with Crippen molar-refractivity contribution < 1.29 is 4.79 Å². The summed E-state index contributed by atoms with van der Waals surface area (Å²) in [7, 11) is 0. The SMILES string of the molecule is CC(C)n1ccc(CC(N)C(N)=O)n1. The highest BCUT2D eigenvalue weighted by Gasteiger charge is 2.12. The van der Waals surface area contributed by atoms with Gasteiger partial charge >= 0.3 is 0 Å². The van der Waals surface area contributed by atoms with Crippen molar-refractivity contribution in [3.8, 4) is 0 Å². The highest BCUT2D eigenvalue weighted by atomic mass is 16.1. The Hall–Kier alpha value is -1.36. The highest BCUT2D eigenvalue weighted by Crippen LogP contribution is 2.05. The molecule has 5 heteroatoms. The lowest BCUT2D eigenvalue weighted by molar-refractivity contribution is -0.119. The van der Waals surface area contributed by atoms with Crippen molar-refractivity contribution in [3.63, 3.8) is 0 Å². The lowest BCUT2D eigenvalue weighted by atomic mass is 10.1. The van der Waals surface area contributed by atoms with Crippen LogP contribution in [0.5, 0.6) is 0 Å². The first-order valence-electron chi connectivity index (χ1n) is 4.59. The Morgan fingerprint density at radius 3 is 2.71 bits per heavy atom. The molecule has 0 aliphatic heterocycles. The van der Waals surface area contributed by atoms with Gasteiger partial charge in [0, 0.05) is 18.7 Å². The summed E-state index contributed by atoms with van der Waals surface area (Å²) in [5, 5.41) is 4.26. The van der Waals surface area contributed by atoms with Gasteiger partial charge in [0.2, 0.25) is 5.91 Å². The molecule has 0 radical (unpaired) electrons. The van der Waals surface area contributed by atoms with Crippen LogP contribution >= 0.6 is 0 Å². The fourth-order valence-corrected chi connectivity index (χ4v) is 1.10. The third-order valence-electron chi connectivity index (χ3n) is 1.99. The molecule has 1 atom stereocenters. The van der Waals surface area contributed by atoms with Crippen molar-refractivity contribution in [2.45, 2.75) is 32.4 Å². The molecule has 1 rings (SSSR count). The molecule has 14 heavy (non-hydrogen) atoms. The quantitative estimate of drug-likeness (QED) is 0.700. The largest absolute Gasteiger partial charge is 0.368 e. The Labute approximate surface area is 83.1 Å². The molecule has 1 unspecified atom stereocenters. The summed E-state index contributed by atoms with van der Waals surface area (Å²) in [4.78, 5) is 10.7. The second-order valence-electron chi connectivity index (χ2n) is 3.59. The summed E-state index contributed by atoms with van der Waals surface area (Å²) in [6.07, 6.45) is 2.27. The van der Waals surface area contributed by atoms with Crippen LogP contribution in [0.4, 0.5) is 0 Å². The van der Waals surface area contributed by atoms with Crippen molar-refractivity contribution >= 4 is 5.91 Å². The molecule has 0 fully saturated rings. The number of primary amides is 1. The van der Waals surface area contributed by atoms with E-state index in [2.05, 4.69) is 5.10 Å². The van der Waals surface area contributed by atoms with E-state index in [1.807, 2.05) is 30.8 Å². The van der Waals surface area contributed by atoms with E-state index >= 15 is 0 Å². The normalized spacial score (nSPS) is 13.1. The van der Waals surface area contributed by atoms with Crippen LogP contribution in [0, 0.1) is 0 Å². The summed E-state index contributed by atoms with van der Waals surface area (Å²) in [5.41, 5.74) is 11.4. The van der Waals surface area contributed by atoms with Gasteiger partial charge in [0.15, 0.2) is 0 Å². The van der Waals surface area contributed by atoms with E-state index in [-0.39, 0.29) is 0 Å². The van der Waals surface area contributed by atoms with E-state index < -0.39 is 11.9 Å². The summed E-state index contributed by atoms with van der Waals surface area (Å²) in [5.74, 6) is -0.496. The summed E-state index contributed by atoms with van der Waals surface area (Å²) in [6.45, 7) is 4.07. The van der Waals surface area contributed by atoms with Gasteiger partial charge < -0.3 is 11.5 Å². The van der Waals surface area contributed by atoms with Crippen LogP contribution in [-0.2, 0) is 11.2 Å². The molecule has 4 N–H and O–H groups in total. The molecule has 0 aliphatic carbocycles. The van der Waals surface area contributed by atoms with Gasteiger partial charge in [0.1, 0.15) is 0 Å². The molecule has 1 heterocycles. The molecule has 0 saturated heterocycles. The molecule has 0 bridgehead atoms. The molecule has 0 saturated carbocycles. The van der Waals surface area contributed by atoms with Gasteiger partial charge in [0.05, 0.1) is 11.7 Å². The van der Waals surface area contributed by atoms with Gasteiger partial charge in [-0.1, -0.05) is 0 Å². The van der Waals surface area contributed by atoms with Crippen LogP contribution < -0.4 is 11.5 Å². The van der Waals surface area contributed by atoms with Crippen LogP contribution in [0.15, 0.2) is 12.3 Å². The highest BCUT2D eigenvalue weighted by molar-refractivity contribution is 5.79. The zero-order valence-corrected chi connectivity index (χ0v) is 8.47. The molecule has 5 nitrogen and oxygen atoms in total. The van der Waals surface area contributed by atoms with Gasteiger partial charge in [-0.2, -0.15) is 5.10 Å². The van der Waals surface area contributed by atoms with Crippen molar-refractivity contribution in [1.82, 2.24) is 9.78 Å². The number of aromatic nitrogens is 2. The van der Waals surface area contributed by atoms with Gasteiger partial charge in [0.25, 0.3) is 0 Å². The lowest BCUT2D eigenvalue weighted by Crippen LogP contribution is -2.38. The maximum atomic E-state index is 10.7. The minimum Gasteiger partial charge on any atom is -0.368 e. The molecule has 1 aromatic heterocycles. The molecule has 1 aromatic rings. The predicted molar refractivity (Wildman–Crippen MR) is 53.5 cm³/mol. The summed E-state index contributed by atoms with van der Waals surface area (Å²) in [6, 6.07) is 1.52. The predicted octanol–water partition coefficient (Wildman–Crippen LogP) is -0.181. The maximum Gasteiger partial charge on any atom is 0.234 e. The van der Waals surface area contributed by atoms with E-state index in [0.29, 0.717) is 12.5 Å². The minimum absolute atomic E-state index is 0.313. The number of hydrogen-bond donors (Lipinski definition) is 2. The third kappa shape index (κ3) is 2.56. The van der Waals surface area contributed by atoms with Gasteiger partial charge in [-0.25, -0.2) is 0 Å². The van der Waals surface area contributed by atoms with E-state index in [4.69, 9.17) is 11.5 Å². The number of carbonyl (C=O) groups is 1. The molecule has 1 amide bonds. The van der Waals surface area contributed by atoms with Gasteiger partial charge in [-0.05, 0) is 19.9 Å². The van der Waals surface area contributed by atoms with Crippen LogP contribution in [0.2, 0.25) is 0 Å². The standard InChI is InChI=1S/C9H16N4O/c1-6(2)13-4-3-7(12-13)5-8(10)9(11)14/h3-4,6,8H,5,10H2,1-2H3,(H2,11,14). The van der Waals surface area contributed by atoms with E-state index in [0.717, 1.165) is 5.69 Å². The zero-order chi connectivity index (χ0) is 10.7. The van der Waals surface area contributed by atoms with Crippen LogP contribution in [0.3, 0.4) is 0 Å². The van der Waals surface area contributed by atoms with Crippen molar-refractivity contribution in [3.05, 3.63) is 18.0 Å². The van der Waals surface area contributed by atoms with Crippen LogP contribution in [0.1, 0.15) is 25.6 Å². The zero-order valence-electron chi connectivity index (χ0n) is 8.47. The summed E-state index contributed by atoms with van der Waals surface area (Å²) < 4.78 is 1.82. The van der Waals surface area contributed by atoms with E-state index in [9.17, 15) is 4.79 Å². The van der Waals surface area contributed by atoms with Crippen LogP contribution in [-0.4, -0.2) is 21.7 Å². The maximum absolute atomic E-state index is 10.7. The van der Waals surface area contributed by atoms with Crippen molar-refractivity contribution in [2.24, 2.45) is 11.5 Å². The first-order valence-corrected chi connectivity index (χ1v) is 4.59. The Bertz CT molecular complexity index is 318. The first-order chi connectivity index (χ1) is 6.50. The average molecular weight is 196 g/mol. The first kappa shape index (κ1) is 10.7. The summed E-state index contributed by atoms with van der Waals surface area (Å²) >= 11 is 0. The number of nitrogens with two attached hydrogens (primary N) is 2. The van der Waals surface area contributed by atoms with Crippen molar-refractivity contribution in [2.75, 3.05) is 0 Å². The Balaban J connectivity index is 2.64. The smallest absolute Gasteiger partial charge is 0.234 e. The fraction of sp³-hybridized carbons (Fsp3) is 0.556. The molecular weight excluding hydrogens is 180 g/mol. The van der Waals surface area contributed by atoms with Gasteiger partial charge in [-0.3, -0.25) is 9.48 Å². The molecule has 0 spiro atoms. The monoisotopic (exact) mass is 196 g/mol. The molecule has 0 aliphatic rings. The molecular formula is C9H16N4O. The number of amides is 1. The van der Waals surface area contributed by atoms with Crippen molar-refractivity contribution in [1.29, 1.82) is 0 Å². The molecule has 0 aromatic carbocycles.